The summed E-state index contributed by atoms with van der Waals surface area (Å²) in [6, 6.07) is 0. The van der Waals surface area contributed by atoms with Gasteiger partial charge in [0.15, 0.2) is 0 Å². The molecule has 0 atom stereocenters. The Morgan fingerprint density at radius 1 is 1.80 bits per heavy atom. The minimum absolute atomic E-state index is 0.0718. The standard InChI is InChI=1S/C5H6BNO3/c1-2-3(4(8)9)10-5(6)7-2/h6H2,1H3,(H,8,9). The molecule has 1 aromatic rings. The van der Waals surface area contributed by atoms with E-state index in [0.29, 0.717) is 11.5 Å². The highest BCUT2D eigenvalue weighted by Gasteiger charge is 2.12. The first-order valence-electron chi connectivity index (χ1n) is 2.78. The summed E-state index contributed by atoms with van der Waals surface area (Å²) in [6.45, 7) is 1.60. The molecular formula is C5H6BNO3. The fourth-order valence-corrected chi connectivity index (χ4v) is 0.730. The lowest BCUT2D eigenvalue weighted by Crippen LogP contribution is -2.00. The highest BCUT2D eigenvalue weighted by Crippen LogP contribution is 2.01. The largest absolute Gasteiger partial charge is 0.475 e. The third kappa shape index (κ3) is 1.02. The van der Waals surface area contributed by atoms with E-state index in [1.807, 2.05) is 0 Å². The molecular weight excluding hydrogens is 133 g/mol. The molecule has 1 rings (SSSR count). The molecule has 0 aromatic carbocycles. The minimum Gasteiger partial charge on any atom is -0.475 e. The molecule has 0 unspecified atom stereocenters. The number of oxazole rings is 1. The number of hydrogen-bond donors (Lipinski definition) is 1. The molecule has 0 amide bonds. The van der Waals surface area contributed by atoms with E-state index in [9.17, 15) is 4.79 Å². The Morgan fingerprint density at radius 2 is 2.40 bits per heavy atom. The van der Waals surface area contributed by atoms with Crippen LogP contribution in [0.4, 0.5) is 0 Å². The van der Waals surface area contributed by atoms with Crippen LogP contribution in [0.1, 0.15) is 16.2 Å². The first kappa shape index (κ1) is 6.86. The minimum atomic E-state index is -1.07. The molecule has 0 aliphatic rings. The van der Waals surface area contributed by atoms with Crippen LogP contribution in [-0.4, -0.2) is 23.9 Å². The molecule has 0 spiro atoms. The van der Waals surface area contributed by atoms with Crippen molar-refractivity contribution in [3.8, 4) is 0 Å². The second-order valence-corrected chi connectivity index (χ2v) is 1.95. The van der Waals surface area contributed by atoms with E-state index < -0.39 is 5.97 Å². The second-order valence-electron chi connectivity index (χ2n) is 1.95. The van der Waals surface area contributed by atoms with E-state index in [4.69, 9.17) is 9.52 Å². The molecule has 0 saturated carbocycles. The van der Waals surface area contributed by atoms with Gasteiger partial charge in [0.2, 0.25) is 13.6 Å². The Balaban J connectivity index is 3.15. The third-order valence-electron chi connectivity index (χ3n) is 1.10. The third-order valence-corrected chi connectivity index (χ3v) is 1.10. The number of aryl methyl sites for hydroxylation is 1. The predicted octanol–water partition coefficient (Wildman–Crippen LogP) is -1.06. The Bertz CT molecular complexity index is 268. The van der Waals surface area contributed by atoms with Gasteiger partial charge >= 0.3 is 5.97 Å². The number of hydrogen-bond acceptors (Lipinski definition) is 3. The lowest BCUT2D eigenvalue weighted by atomic mass is 10.2. The zero-order chi connectivity index (χ0) is 7.72. The number of rotatable bonds is 1. The Kier molecular flexibility index (Phi) is 1.49. The maximum atomic E-state index is 10.3. The van der Waals surface area contributed by atoms with Crippen LogP contribution >= 0.6 is 0 Å². The SMILES string of the molecule is Bc1nc(C)c(C(=O)O)o1. The van der Waals surface area contributed by atoms with Crippen LogP contribution in [0.25, 0.3) is 0 Å². The number of carboxylic acid groups (broad SMARTS) is 1. The molecule has 0 bridgehead atoms. The van der Waals surface area contributed by atoms with Gasteiger partial charge in [0.1, 0.15) is 5.79 Å². The van der Waals surface area contributed by atoms with Crippen LogP contribution in [0, 0.1) is 6.92 Å². The average molecular weight is 139 g/mol. The van der Waals surface area contributed by atoms with Gasteiger partial charge in [0, 0.05) is 0 Å². The second kappa shape index (κ2) is 2.17. The summed E-state index contributed by atoms with van der Waals surface area (Å²) in [5.74, 6) is -0.759. The summed E-state index contributed by atoms with van der Waals surface area (Å²) in [7, 11) is 1.61. The lowest BCUT2D eigenvalue weighted by molar-refractivity contribution is 0.0663. The van der Waals surface area contributed by atoms with Crippen LogP contribution in [0.5, 0.6) is 0 Å². The van der Waals surface area contributed by atoms with Gasteiger partial charge in [-0.25, -0.2) is 9.78 Å². The first-order chi connectivity index (χ1) is 4.61. The molecule has 0 saturated heterocycles. The molecule has 1 aromatic heterocycles. The topological polar surface area (TPSA) is 63.3 Å². The lowest BCUT2D eigenvalue weighted by Gasteiger charge is -1.84. The van der Waals surface area contributed by atoms with Gasteiger partial charge in [-0.3, -0.25) is 0 Å². The fraction of sp³-hybridized carbons (Fsp3) is 0.200. The van der Waals surface area contributed by atoms with Crippen LogP contribution in [0.2, 0.25) is 0 Å². The van der Waals surface area contributed by atoms with E-state index in [0.717, 1.165) is 0 Å². The van der Waals surface area contributed by atoms with Gasteiger partial charge in [-0.05, 0) is 6.92 Å². The molecule has 10 heavy (non-hydrogen) atoms. The van der Waals surface area contributed by atoms with Gasteiger partial charge < -0.3 is 9.52 Å². The number of carboxylic acids is 1. The Hall–Kier alpha value is -1.26. The highest BCUT2D eigenvalue weighted by molar-refractivity contribution is 6.28. The molecule has 0 radical (unpaired) electrons. The summed E-state index contributed by atoms with van der Waals surface area (Å²) < 4.78 is 4.77. The number of aromatic carboxylic acids is 1. The van der Waals surface area contributed by atoms with E-state index in [2.05, 4.69) is 4.98 Å². The molecule has 0 aliphatic heterocycles. The van der Waals surface area contributed by atoms with Gasteiger partial charge in [-0.1, -0.05) is 0 Å². The summed E-state index contributed by atoms with van der Waals surface area (Å²) in [6.07, 6.45) is 0. The van der Waals surface area contributed by atoms with E-state index in [1.54, 1.807) is 14.8 Å². The molecule has 1 heterocycles. The fourth-order valence-electron chi connectivity index (χ4n) is 0.730. The molecule has 0 fully saturated rings. The van der Waals surface area contributed by atoms with Crippen molar-refractivity contribution in [3.05, 3.63) is 11.5 Å². The van der Waals surface area contributed by atoms with Gasteiger partial charge in [0.25, 0.3) is 0 Å². The summed E-state index contributed by atoms with van der Waals surface area (Å²) in [5, 5.41) is 8.45. The van der Waals surface area contributed by atoms with Gasteiger partial charge in [-0.15, -0.1) is 0 Å². The quantitative estimate of drug-likeness (QED) is 0.503. The predicted molar refractivity (Wildman–Crippen MR) is 36.4 cm³/mol. The summed E-state index contributed by atoms with van der Waals surface area (Å²) >= 11 is 0. The first-order valence-corrected chi connectivity index (χ1v) is 2.78. The molecule has 5 heteroatoms. The number of nitrogens with zero attached hydrogens (tertiary/aromatic N) is 1. The van der Waals surface area contributed by atoms with Crippen molar-refractivity contribution in [2.75, 3.05) is 0 Å². The van der Waals surface area contributed by atoms with Crippen molar-refractivity contribution in [2.45, 2.75) is 6.92 Å². The maximum absolute atomic E-state index is 10.3. The maximum Gasteiger partial charge on any atom is 0.373 e. The van der Waals surface area contributed by atoms with Gasteiger partial charge in [0.05, 0.1) is 5.69 Å². The Morgan fingerprint density at radius 3 is 2.60 bits per heavy atom. The average Bonchev–Trinajstić information content (AvgIpc) is 2.10. The normalized spacial score (nSPS) is 9.70. The van der Waals surface area contributed by atoms with E-state index in [-0.39, 0.29) is 5.76 Å². The monoisotopic (exact) mass is 139 g/mol. The van der Waals surface area contributed by atoms with E-state index in [1.165, 1.54) is 0 Å². The summed E-state index contributed by atoms with van der Waals surface area (Å²) in [5.41, 5.74) is 0.421. The van der Waals surface area contributed by atoms with Crippen molar-refractivity contribution in [3.63, 3.8) is 0 Å². The zero-order valence-electron chi connectivity index (χ0n) is 5.71. The Labute approximate surface area is 58.3 Å². The molecule has 4 nitrogen and oxygen atoms in total. The molecule has 1 N–H and O–H groups in total. The summed E-state index contributed by atoms with van der Waals surface area (Å²) in [4.78, 5) is 14.1. The van der Waals surface area contributed by atoms with E-state index >= 15 is 0 Å². The smallest absolute Gasteiger partial charge is 0.373 e. The number of aromatic nitrogens is 1. The number of carbonyl (C=O) groups is 1. The van der Waals surface area contributed by atoms with Gasteiger partial charge in [-0.2, -0.15) is 0 Å². The van der Waals surface area contributed by atoms with Crippen molar-refractivity contribution < 1.29 is 14.3 Å². The van der Waals surface area contributed by atoms with Crippen LogP contribution in [-0.2, 0) is 0 Å². The van der Waals surface area contributed by atoms with Crippen molar-refractivity contribution in [2.24, 2.45) is 0 Å². The van der Waals surface area contributed by atoms with Crippen molar-refractivity contribution in [1.29, 1.82) is 0 Å². The van der Waals surface area contributed by atoms with Crippen molar-refractivity contribution >= 4 is 19.6 Å². The zero-order valence-corrected chi connectivity index (χ0v) is 5.71. The van der Waals surface area contributed by atoms with Crippen LogP contribution in [0.15, 0.2) is 4.42 Å². The van der Waals surface area contributed by atoms with Crippen LogP contribution in [0.3, 0.4) is 0 Å². The van der Waals surface area contributed by atoms with Crippen LogP contribution < -0.4 is 5.79 Å². The highest BCUT2D eigenvalue weighted by atomic mass is 16.4. The molecule has 52 valence electrons. The van der Waals surface area contributed by atoms with Crippen molar-refractivity contribution in [1.82, 2.24) is 4.98 Å². The molecule has 0 aliphatic carbocycles.